The summed E-state index contributed by atoms with van der Waals surface area (Å²) in [7, 11) is 2.93. The Balaban J connectivity index is 1.78. The number of hydrogen-bond acceptors (Lipinski definition) is 8. The highest BCUT2D eigenvalue weighted by molar-refractivity contribution is 6.37. The molecule has 0 N–H and O–H groups in total. The summed E-state index contributed by atoms with van der Waals surface area (Å²) >= 11 is 24.0. The van der Waals surface area contributed by atoms with E-state index in [0.717, 1.165) is 0 Å². The molecule has 12 heteroatoms. The molecule has 8 nitrogen and oxygen atoms in total. The lowest BCUT2D eigenvalue weighted by atomic mass is 10.1. The van der Waals surface area contributed by atoms with E-state index in [1.54, 1.807) is 0 Å². The smallest absolute Gasteiger partial charge is 0.340 e. The molecule has 1 fully saturated rings. The highest BCUT2D eigenvalue weighted by Crippen LogP contribution is 2.30. The molecular formula is C23H22Cl4O8. The highest BCUT2D eigenvalue weighted by atomic mass is 35.5. The van der Waals surface area contributed by atoms with E-state index in [1.807, 2.05) is 0 Å². The average Bonchev–Trinajstić information content (AvgIpc) is 3.13. The summed E-state index contributed by atoms with van der Waals surface area (Å²) in [4.78, 5) is 25.5. The van der Waals surface area contributed by atoms with Crippen molar-refractivity contribution in [1.29, 1.82) is 0 Å². The molecule has 0 aliphatic carbocycles. The van der Waals surface area contributed by atoms with E-state index < -0.39 is 36.5 Å². The summed E-state index contributed by atoms with van der Waals surface area (Å²) in [6.07, 6.45) is -3.68. The van der Waals surface area contributed by atoms with E-state index in [4.69, 9.17) is 74.8 Å². The highest BCUT2D eigenvalue weighted by Gasteiger charge is 2.49. The van der Waals surface area contributed by atoms with Gasteiger partial charge in [-0.15, -0.1) is 0 Å². The number of benzene rings is 2. The number of carbonyl (C=O) groups is 2. The van der Waals surface area contributed by atoms with E-state index in [9.17, 15) is 9.59 Å². The molecule has 2 aromatic carbocycles. The number of carbonyl (C=O) groups excluding carboxylic acids is 2. The van der Waals surface area contributed by atoms with Crippen molar-refractivity contribution in [3.8, 4) is 0 Å². The summed E-state index contributed by atoms with van der Waals surface area (Å²) < 4.78 is 33.1. The van der Waals surface area contributed by atoms with E-state index in [1.165, 1.54) is 50.6 Å². The van der Waals surface area contributed by atoms with Crippen molar-refractivity contribution in [2.24, 2.45) is 0 Å². The maximum absolute atomic E-state index is 12.9. The Morgan fingerprint density at radius 1 is 0.857 bits per heavy atom. The van der Waals surface area contributed by atoms with Gasteiger partial charge in [-0.3, -0.25) is 0 Å². The third-order valence-electron chi connectivity index (χ3n) is 5.02. The quantitative estimate of drug-likeness (QED) is 0.290. The lowest BCUT2D eigenvalue weighted by Gasteiger charge is -2.24. The SMILES string of the molecule is COCCO[C@H]1[C@@H](OC)O[C@H](COC(=O)c2ccc(Cl)cc2Cl)[C@H]1OC(=O)c1ccc(Cl)cc1Cl. The first kappa shape index (κ1) is 28.0. The minimum absolute atomic E-state index is 0.0938. The Hall–Kier alpha value is -1.62. The average molecular weight is 568 g/mol. The van der Waals surface area contributed by atoms with Gasteiger partial charge < -0.3 is 28.4 Å². The third kappa shape index (κ3) is 7.21. The van der Waals surface area contributed by atoms with Gasteiger partial charge in [0.2, 0.25) is 0 Å². The van der Waals surface area contributed by atoms with Crippen LogP contribution in [0.15, 0.2) is 36.4 Å². The van der Waals surface area contributed by atoms with Crippen LogP contribution in [0.3, 0.4) is 0 Å². The lowest BCUT2D eigenvalue weighted by molar-refractivity contribution is -0.167. The molecule has 0 saturated carbocycles. The molecule has 2 aromatic rings. The van der Waals surface area contributed by atoms with Crippen molar-refractivity contribution in [2.75, 3.05) is 34.0 Å². The van der Waals surface area contributed by atoms with Crippen LogP contribution in [0.25, 0.3) is 0 Å². The number of esters is 2. The fourth-order valence-electron chi connectivity index (χ4n) is 3.33. The van der Waals surface area contributed by atoms with Crippen LogP contribution in [0.5, 0.6) is 0 Å². The van der Waals surface area contributed by atoms with Crippen molar-refractivity contribution >= 4 is 58.3 Å². The Morgan fingerprint density at radius 2 is 1.46 bits per heavy atom. The second-order valence-corrected chi connectivity index (χ2v) is 9.01. The van der Waals surface area contributed by atoms with Crippen LogP contribution in [0.2, 0.25) is 20.1 Å². The maximum atomic E-state index is 12.9. The number of ether oxygens (including phenoxy) is 6. The molecule has 1 saturated heterocycles. The van der Waals surface area contributed by atoms with Gasteiger partial charge in [-0.2, -0.15) is 0 Å². The molecule has 0 aromatic heterocycles. The number of hydrogen-bond donors (Lipinski definition) is 0. The zero-order valence-corrected chi connectivity index (χ0v) is 21.7. The van der Waals surface area contributed by atoms with Crippen LogP contribution in [-0.2, 0) is 28.4 Å². The first-order chi connectivity index (χ1) is 16.7. The van der Waals surface area contributed by atoms with Gasteiger partial charge in [0.1, 0.15) is 18.8 Å². The van der Waals surface area contributed by atoms with E-state index in [0.29, 0.717) is 10.0 Å². The van der Waals surface area contributed by atoms with Crippen LogP contribution in [0.4, 0.5) is 0 Å². The second kappa shape index (κ2) is 13.1. The number of rotatable bonds is 10. The van der Waals surface area contributed by atoms with Crippen LogP contribution in [0, 0.1) is 0 Å². The molecule has 1 aliphatic heterocycles. The normalized spacial score (nSPS) is 21.7. The summed E-state index contributed by atoms with van der Waals surface area (Å²) in [5, 5.41) is 0.978. The third-order valence-corrected chi connectivity index (χ3v) is 6.12. The summed E-state index contributed by atoms with van der Waals surface area (Å²) in [5.74, 6) is -1.45. The zero-order valence-electron chi connectivity index (χ0n) is 18.7. The molecule has 1 heterocycles. The summed E-state index contributed by atoms with van der Waals surface area (Å²) in [6.45, 7) is 0.173. The molecule has 0 radical (unpaired) electrons. The van der Waals surface area contributed by atoms with E-state index in [2.05, 4.69) is 0 Å². The Bertz CT molecular complexity index is 1050. The molecule has 0 unspecified atom stereocenters. The van der Waals surface area contributed by atoms with Crippen LogP contribution < -0.4 is 0 Å². The van der Waals surface area contributed by atoms with Gasteiger partial charge in [0.25, 0.3) is 0 Å². The summed E-state index contributed by atoms with van der Waals surface area (Å²) in [6, 6.07) is 8.75. The molecule has 0 amide bonds. The second-order valence-electron chi connectivity index (χ2n) is 7.32. The molecule has 1 aliphatic rings. The van der Waals surface area contributed by atoms with Gasteiger partial charge in [0.05, 0.1) is 34.4 Å². The largest absolute Gasteiger partial charge is 0.459 e. The molecule has 3 rings (SSSR count). The predicted octanol–water partition coefficient (Wildman–Crippen LogP) is 5.09. The van der Waals surface area contributed by atoms with Gasteiger partial charge in [-0.1, -0.05) is 46.4 Å². The minimum Gasteiger partial charge on any atom is -0.459 e. The van der Waals surface area contributed by atoms with Crippen molar-refractivity contribution in [3.05, 3.63) is 67.6 Å². The van der Waals surface area contributed by atoms with Gasteiger partial charge >= 0.3 is 11.9 Å². The van der Waals surface area contributed by atoms with E-state index in [-0.39, 0.29) is 41.0 Å². The molecule has 0 bridgehead atoms. The van der Waals surface area contributed by atoms with Gasteiger partial charge in [-0.25, -0.2) is 9.59 Å². The lowest BCUT2D eigenvalue weighted by Crippen LogP contribution is -2.41. The first-order valence-corrected chi connectivity index (χ1v) is 11.8. The molecular weight excluding hydrogens is 546 g/mol. The maximum Gasteiger partial charge on any atom is 0.340 e. The van der Waals surface area contributed by atoms with Gasteiger partial charge in [0, 0.05) is 24.3 Å². The topological polar surface area (TPSA) is 89.5 Å². The van der Waals surface area contributed by atoms with Gasteiger partial charge in [-0.05, 0) is 36.4 Å². The molecule has 190 valence electrons. The molecule has 4 atom stereocenters. The Morgan fingerprint density at radius 3 is 2.00 bits per heavy atom. The van der Waals surface area contributed by atoms with Gasteiger partial charge in [0.15, 0.2) is 12.4 Å². The van der Waals surface area contributed by atoms with Crippen molar-refractivity contribution in [1.82, 2.24) is 0 Å². The van der Waals surface area contributed by atoms with Crippen LogP contribution in [0.1, 0.15) is 20.7 Å². The monoisotopic (exact) mass is 566 g/mol. The Labute approximate surface area is 222 Å². The first-order valence-electron chi connectivity index (χ1n) is 10.3. The van der Waals surface area contributed by atoms with E-state index >= 15 is 0 Å². The van der Waals surface area contributed by atoms with Crippen molar-refractivity contribution in [3.63, 3.8) is 0 Å². The predicted molar refractivity (Wildman–Crippen MR) is 130 cm³/mol. The number of halogens is 4. The standard InChI is InChI=1S/C23H22Cl4O8/c1-30-7-8-32-20-19(35-22(29)15-6-4-13(25)10-17(15)27)18(34-23(20)31-2)11-33-21(28)14-5-3-12(24)9-16(14)26/h3-6,9-10,18-20,23H,7-8,11H2,1-2H3/t18-,19-,20-,23+/m1/s1. The minimum atomic E-state index is -1.01. The zero-order chi connectivity index (χ0) is 25.5. The molecule has 35 heavy (non-hydrogen) atoms. The number of methoxy groups -OCH3 is 2. The van der Waals surface area contributed by atoms with Crippen molar-refractivity contribution in [2.45, 2.75) is 24.6 Å². The van der Waals surface area contributed by atoms with Crippen LogP contribution >= 0.6 is 46.4 Å². The van der Waals surface area contributed by atoms with Crippen molar-refractivity contribution < 1.29 is 38.0 Å². The fraction of sp³-hybridized carbons (Fsp3) is 0.391. The van der Waals surface area contributed by atoms with Crippen LogP contribution in [-0.4, -0.2) is 70.6 Å². The summed E-state index contributed by atoms with van der Waals surface area (Å²) in [5.41, 5.74) is 0.211. The molecule has 0 spiro atoms. The Kier molecular flexibility index (Phi) is 10.4. The fourth-order valence-corrected chi connectivity index (χ4v) is 4.31.